The Bertz CT molecular complexity index is 969. The number of nitro benzene ring substituents is 1. The van der Waals surface area contributed by atoms with Gasteiger partial charge in [0.05, 0.1) is 4.92 Å². The molecule has 1 saturated heterocycles. The molecule has 132 valence electrons. The van der Waals surface area contributed by atoms with Crippen LogP contribution in [0, 0.1) is 10.1 Å². The SMILES string of the molecule is O=C1NC(=S)NC(=O)C1=Cc1ccc(-c2c(Br)cc([N+](=O)[O-])cc2Br)o1. The Kier molecular flexibility index (Phi) is 5.03. The van der Waals surface area contributed by atoms with Crippen LogP contribution in [0.25, 0.3) is 17.4 Å². The second-order valence-corrected chi connectivity index (χ2v) is 7.16. The molecule has 1 aliphatic rings. The van der Waals surface area contributed by atoms with E-state index in [0.29, 0.717) is 20.3 Å². The van der Waals surface area contributed by atoms with E-state index in [1.807, 2.05) is 0 Å². The number of furan rings is 1. The van der Waals surface area contributed by atoms with Crippen LogP contribution < -0.4 is 10.6 Å². The number of hydrogen-bond acceptors (Lipinski definition) is 6. The molecule has 1 aliphatic heterocycles. The largest absolute Gasteiger partial charge is 0.457 e. The minimum absolute atomic E-state index is 0.0592. The van der Waals surface area contributed by atoms with Crippen molar-refractivity contribution in [3.63, 3.8) is 0 Å². The van der Waals surface area contributed by atoms with Crippen molar-refractivity contribution in [2.24, 2.45) is 0 Å². The lowest BCUT2D eigenvalue weighted by atomic mass is 10.1. The van der Waals surface area contributed by atoms with Crippen LogP contribution in [0.15, 0.2) is 43.2 Å². The third-order valence-electron chi connectivity index (χ3n) is 3.34. The molecule has 0 unspecified atom stereocenters. The van der Waals surface area contributed by atoms with Gasteiger partial charge in [0.15, 0.2) is 5.11 Å². The molecule has 2 aromatic rings. The molecule has 0 saturated carbocycles. The number of benzene rings is 1. The van der Waals surface area contributed by atoms with Crippen molar-refractivity contribution < 1.29 is 18.9 Å². The molecule has 2 heterocycles. The number of rotatable bonds is 3. The number of amides is 2. The summed E-state index contributed by atoms with van der Waals surface area (Å²) in [5.41, 5.74) is 0.313. The average molecular weight is 501 g/mol. The van der Waals surface area contributed by atoms with Crippen LogP contribution >= 0.6 is 44.1 Å². The van der Waals surface area contributed by atoms with E-state index in [9.17, 15) is 19.7 Å². The quantitative estimate of drug-likeness (QED) is 0.220. The second-order valence-electron chi connectivity index (χ2n) is 5.04. The highest BCUT2D eigenvalue weighted by atomic mass is 79.9. The third kappa shape index (κ3) is 3.59. The number of carbonyl (C=O) groups is 2. The van der Waals surface area contributed by atoms with E-state index in [2.05, 4.69) is 42.5 Å². The Morgan fingerprint density at radius 1 is 1.12 bits per heavy atom. The zero-order valence-electron chi connectivity index (χ0n) is 12.5. The molecule has 26 heavy (non-hydrogen) atoms. The fourth-order valence-electron chi connectivity index (χ4n) is 2.21. The van der Waals surface area contributed by atoms with Crippen LogP contribution in [0.5, 0.6) is 0 Å². The summed E-state index contributed by atoms with van der Waals surface area (Å²) in [6, 6.07) is 5.88. The van der Waals surface area contributed by atoms with E-state index in [1.165, 1.54) is 18.2 Å². The van der Waals surface area contributed by atoms with Crippen LogP contribution in [0.1, 0.15) is 5.76 Å². The van der Waals surface area contributed by atoms with Gasteiger partial charge in [-0.05, 0) is 62.3 Å². The Hall–Kier alpha value is -2.37. The van der Waals surface area contributed by atoms with Crippen molar-refractivity contribution in [1.29, 1.82) is 0 Å². The summed E-state index contributed by atoms with van der Waals surface area (Å²) < 4.78 is 6.56. The highest BCUT2D eigenvalue weighted by molar-refractivity contribution is 9.11. The fourth-order valence-corrected chi connectivity index (χ4v) is 3.95. The predicted molar refractivity (Wildman–Crippen MR) is 103 cm³/mol. The lowest BCUT2D eigenvalue weighted by molar-refractivity contribution is -0.385. The fraction of sp³-hybridized carbons (Fsp3) is 0. The van der Waals surface area contributed by atoms with E-state index in [0.717, 1.165) is 0 Å². The van der Waals surface area contributed by atoms with Crippen LogP contribution in [0.2, 0.25) is 0 Å². The van der Waals surface area contributed by atoms with Gasteiger partial charge >= 0.3 is 0 Å². The first-order valence-corrected chi connectivity index (χ1v) is 8.87. The average Bonchev–Trinajstić information content (AvgIpc) is 2.98. The summed E-state index contributed by atoms with van der Waals surface area (Å²) in [6.45, 7) is 0. The highest BCUT2D eigenvalue weighted by Gasteiger charge is 2.26. The summed E-state index contributed by atoms with van der Waals surface area (Å²) in [7, 11) is 0. The van der Waals surface area contributed by atoms with E-state index in [4.69, 9.17) is 16.6 Å². The molecule has 0 aliphatic carbocycles. The van der Waals surface area contributed by atoms with Crippen LogP contribution in [0.3, 0.4) is 0 Å². The third-order valence-corrected chi connectivity index (χ3v) is 4.80. The molecular weight excluding hydrogens is 494 g/mol. The zero-order valence-corrected chi connectivity index (χ0v) is 16.5. The van der Waals surface area contributed by atoms with E-state index < -0.39 is 16.7 Å². The molecule has 2 N–H and O–H groups in total. The summed E-state index contributed by atoms with van der Waals surface area (Å²) in [5.74, 6) is -0.619. The Balaban J connectivity index is 1.98. The van der Waals surface area contributed by atoms with Gasteiger partial charge in [-0.25, -0.2) is 0 Å². The first-order valence-electron chi connectivity index (χ1n) is 6.88. The maximum absolute atomic E-state index is 11.9. The lowest BCUT2D eigenvalue weighted by Crippen LogP contribution is -2.51. The van der Waals surface area contributed by atoms with Gasteiger partial charge in [-0.1, -0.05) is 0 Å². The first-order chi connectivity index (χ1) is 12.3. The predicted octanol–water partition coefficient (Wildman–Crippen LogP) is 3.29. The van der Waals surface area contributed by atoms with Crippen LogP contribution in [0.4, 0.5) is 5.69 Å². The number of nitro groups is 1. The normalized spacial score (nSPS) is 14.1. The number of carbonyl (C=O) groups excluding carboxylic acids is 2. The van der Waals surface area contributed by atoms with Gasteiger partial charge in [-0.3, -0.25) is 30.3 Å². The van der Waals surface area contributed by atoms with Crippen molar-refractivity contribution >= 4 is 72.8 Å². The zero-order chi connectivity index (χ0) is 19.0. The smallest absolute Gasteiger partial charge is 0.271 e. The number of halogens is 2. The minimum atomic E-state index is -0.630. The summed E-state index contributed by atoms with van der Waals surface area (Å²) in [4.78, 5) is 34.1. The monoisotopic (exact) mass is 499 g/mol. The Morgan fingerprint density at radius 2 is 1.69 bits per heavy atom. The van der Waals surface area contributed by atoms with Gasteiger partial charge in [-0.2, -0.15) is 0 Å². The molecular formula is C15H7Br2N3O5S. The summed E-state index contributed by atoms with van der Waals surface area (Å²) in [6.07, 6.45) is 1.28. The first kappa shape index (κ1) is 18.4. The Morgan fingerprint density at radius 3 is 2.23 bits per heavy atom. The molecule has 0 atom stereocenters. The van der Waals surface area contributed by atoms with Crippen molar-refractivity contribution in [1.82, 2.24) is 10.6 Å². The molecule has 11 heteroatoms. The van der Waals surface area contributed by atoms with Crippen molar-refractivity contribution in [2.45, 2.75) is 0 Å². The molecule has 2 amide bonds. The number of hydrogen-bond donors (Lipinski definition) is 2. The van der Waals surface area contributed by atoms with E-state index in [-0.39, 0.29) is 22.1 Å². The highest BCUT2D eigenvalue weighted by Crippen LogP contribution is 2.39. The molecule has 0 bridgehead atoms. The van der Waals surface area contributed by atoms with Crippen LogP contribution in [-0.2, 0) is 9.59 Å². The van der Waals surface area contributed by atoms with Gasteiger partial charge in [0.2, 0.25) is 0 Å². The standard InChI is InChI=1S/C15H7Br2N3O5S/c16-9-3-6(20(23)24)4-10(17)12(9)11-2-1-7(25-11)5-8-13(21)18-15(26)19-14(8)22/h1-5H,(H2,18,19,21,22,26). The van der Waals surface area contributed by atoms with Crippen molar-refractivity contribution in [2.75, 3.05) is 0 Å². The maximum atomic E-state index is 11.9. The van der Waals surface area contributed by atoms with Crippen molar-refractivity contribution in [3.8, 4) is 11.3 Å². The van der Waals surface area contributed by atoms with Crippen LogP contribution in [-0.4, -0.2) is 21.9 Å². The molecule has 1 aromatic carbocycles. The summed E-state index contributed by atoms with van der Waals surface area (Å²) >= 11 is 11.3. The molecule has 8 nitrogen and oxygen atoms in total. The van der Waals surface area contributed by atoms with Crippen molar-refractivity contribution in [3.05, 3.63) is 54.7 Å². The van der Waals surface area contributed by atoms with Gasteiger partial charge in [-0.15, -0.1) is 0 Å². The molecule has 1 fully saturated rings. The second kappa shape index (κ2) is 7.09. The van der Waals surface area contributed by atoms with E-state index >= 15 is 0 Å². The Labute approximate surface area is 168 Å². The molecule has 1 aromatic heterocycles. The van der Waals surface area contributed by atoms with E-state index in [1.54, 1.807) is 12.1 Å². The molecule has 0 radical (unpaired) electrons. The number of non-ortho nitro benzene ring substituents is 1. The molecule has 0 spiro atoms. The maximum Gasteiger partial charge on any atom is 0.271 e. The topological polar surface area (TPSA) is 114 Å². The van der Waals surface area contributed by atoms with Gasteiger partial charge in [0.1, 0.15) is 17.1 Å². The number of thiocarbonyl (C=S) groups is 1. The number of nitrogens with zero attached hydrogens (tertiary/aromatic N) is 1. The lowest BCUT2D eigenvalue weighted by Gasteiger charge is -2.15. The molecule has 3 rings (SSSR count). The number of nitrogens with one attached hydrogen (secondary N) is 2. The van der Waals surface area contributed by atoms with Gasteiger partial charge in [0, 0.05) is 26.6 Å². The summed E-state index contributed by atoms with van der Waals surface area (Å²) in [5, 5.41) is 15.5. The minimum Gasteiger partial charge on any atom is -0.457 e. The van der Waals surface area contributed by atoms with Gasteiger partial charge in [0.25, 0.3) is 17.5 Å². The van der Waals surface area contributed by atoms with Gasteiger partial charge < -0.3 is 4.42 Å².